The molecule has 0 N–H and O–H groups in total. The Kier molecular flexibility index (Phi) is 2.70. The normalized spacial score (nSPS) is 20.3. The molecule has 13 heavy (non-hydrogen) atoms. The minimum absolute atomic E-state index is 0.402. The van der Waals surface area contributed by atoms with Crippen molar-refractivity contribution in [1.82, 2.24) is 0 Å². The van der Waals surface area contributed by atoms with Crippen molar-refractivity contribution in [2.75, 3.05) is 6.61 Å². The summed E-state index contributed by atoms with van der Waals surface area (Å²) in [6, 6.07) is 6.39. The second-order valence-electron chi connectivity index (χ2n) is 3.36. The van der Waals surface area contributed by atoms with Crippen LogP contribution in [0.5, 0.6) is 0 Å². The quantitative estimate of drug-likeness (QED) is 0.773. The van der Waals surface area contributed by atoms with Gasteiger partial charge in [-0.1, -0.05) is 28.1 Å². The van der Waals surface area contributed by atoms with Gasteiger partial charge in [-0.05, 0) is 30.5 Å². The van der Waals surface area contributed by atoms with E-state index in [0.29, 0.717) is 6.10 Å². The van der Waals surface area contributed by atoms with Crippen LogP contribution >= 0.6 is 15.9 Å². The van der Waals surface area contributed by atoms with Crippen LogP contribution in [0.2, 0.25) is 0 Å². The highest BCUT2D eigenvalue weighted by molar-refractivity contribution is 9.10. The molecule has 1 atom stereocenters. The fourth-order valence-corrected chi connectivity index (χ4v) is 2.49. The van der Waals surface area contributed by atoms with Crippen LogP contribution < -0.4 is 0 Å². The number of ether oxygens (including phenoxy) is 1. The van der Waals surface area contributed by atoms with E-state index in [-0.39, 0.29) is 0 Å². The molecule has 1 aromatic rings. The second-order valence-corrected chi connectivity index (χ2v) is 4.22. The summed E-state index contributed by atoms with van der Waals surface area (Å²) in [4.78, 5) is 0. The molecule has 0 radical (unpaired) electrons. The van der Waals surface area contributed by atoms with Gasteiger partial charge in [0.25, 0.3) is 0 Å². The highest BCUT2D eigenvalue weighted by atomic mass is 79.9. The maximum absolute atomic E-state index is 5.62. The van der Waals surface area contributed by atoms with Gasteiger partial charge in [-0.3, -0.25) is 0 Å². The first-order valence-corrected chi connectivity index (χ1v) is 5.48. The van der Waals surface area contributed by atoms with Crippen LogP contribution in [0.25, 0.3) is 0 Å². The largest absolute Gasteiger partial charge is 0.378 e. The van der Waals surface area contributed by atoms with Gasteiger partial charge in [-0.2, -0.15) is 0 Å². The number of rotatable bonds is 2. The summed E-state index contributed by atoms with van der Waals surface area (Å²) < 4.78 is 6.85. The maximum atomic E-state index is 5.62. The molecule has 0 fully saturated rings. The molecule has 0 spiro atoms. The third kappa shape index (κ3) is 1.79. The number of halogens is 1. The first-order valence-electron chi connectivity index (χ1n) is 4.69. The predicted octanol–water partition coefficient (Wildman–Crippen LogP) is 2.95. The average molecular weight is 241 g/mol. The van der Waals surface area contributed by atoms with E-state index in [4.69, 9.17) is 4.74 Å². The van der Waals surface area contributed by atoms with E-state index in [1.807, 2.05) is 0 Å². The summed E-state index contributed by atoms with van der Waals surface area (Å²) >= 11 is 3.57. The van der Waals surface area contributed by atoms with E-state index in [1.54, 1.807) is 0 Å². The van der Waals surface area contributed by atoms with Gasteiger partial charge in [0.2, 0.25) is 0 Å². The van der Waals surface area contributed by atoms with E-state index in [9.17, 15) is 0 Å². The molecule has 0 aliphatic heterocycles. The Balaban J connectivity index is 2.20. The van der Waals surface area contributed by atoms with Gasteiger partial charge >= 0.3 is 0 Å². The van der Waals surface area contributed by atoms with Gasteiger partial charge in [-0.15, -0.1) is 0 Å². The summed E-state index contributed by atoms with van der Waals surface area (Å²) in [7, 11) is 0. The minimum atomic E-state index is 0.402. The zero-order valence-corrected chi connectivity index (χ0v) is 9.30. The van der Waals surface area contributed by atoms with E-state index in [2.05, 4.69) is 41.1 Å². The Morgan fingerprint density at radius 3 is 3.00 bits per heavy atom. The highest BCUT2D eigenvalue weighted by Crippen LogP contribution is 2.30. The molecule has 1 nitrogen and oxygen atoms in total. The third-order valence-corrected chi connectivity index (χ3v) is 3.24. The van der Waals surface area contributed by atoms with Crippen molar-refractivity contribution in [1.29, 1.82) is 0 Å². The molecule has 0 bridgehead atoms. The Labute approximate surface area is 87.2 Å². The zero-order chi connectivity index (χ0) is 9.26. The van der Waals surface area contributed by atoms with Crippen molar-refractivity contribution in [2.45, 2.75) is 25.9 Å². The first kappa shape index (κ1) is 9.22. The fourth-order valence-electron chi connectivity index (χ4n) is 1.92. The van der Waals surface area contributed by atoms with E-state index < -0.39 is 0 Å². The van der Waals surface area contributed by atoms with Crippen LogP contribution in [0.15, 0.2) is 22.7 Å². The van der Waals surface area contributed by atoms with Gasteiger partial charge in [0, 0.05) is 17.5 Å². The lowest BCUT2D eigenvalue weighted by Crippen LogP contribution is -2.11. The summed E-state index contributed by atoms with van der Waals surface area (Å²) in [6.07, 6.45) is 2.53. The molecule has 1 aliphatic carbocycles. The SMILES string of the molecule is CCOC1Cc2cccc(Br)c2C1. The number of hydrogen-bond donors (Lipinski definition) is 0. The van der Waals surface area contributed by atoms with Crippen molar-refractivity contribution in [2.24, 2.45) is 0 Å². The van der Waals surface area contributed by atoms with E-state index in [0.717, 1.165) is 19.4 Å². The lowest BCUT2D eigenvalue weighted by molar-refractivity contribution is 0.0708. The fraction of sp³-hybridized carbons (Fsp3) is 0.455. The average Bonchev–Trinajstić information content (AvgIpc) is 2.49. The van der Waals surface area contributed by atoms with Crippen LogP contribution in [0.1, 0.15) is 18.1 Å². The summed E-state index contributed by atoms with van der Waals surface area (Å²) in [5, 5.41) is 0. The molecule has 2 heteroatoms. The molecule has 1 aliphatic rings. The zero-order valence-electron chi connectivity index (χ0n) is 7.72. The van der Waals surface area contributed by atoms with Crippen LogP contribution in [0, 0.1) is 0 Å². The van der Waals surface area contributed by atoms with Crippen molar-refractivity contribution in [3.63, 3.8) is 0 Å². The van der Waals surface area contributed by atoms with Gasteiger partial charge in [0.15, 0.2) is 0 Å². The lowest BCUT2D eigenvalue weighted by Gasteiger charge is -2.07. The Hall–Kier alpha value is -0.340. The Morgan fingerprint density at radius 1 is 1.46 bits per heavy atom. The topological polar surface area (TPSA) is 9.23 Å². The Bertz CT molecular complexity index is 309. The molecule has 70 valence electrons. The smallest absolute Gasteiger partial charge is 0.0656 e. The Morgan fingerprint density at radius 2 is 2.31 bits per heavy atom. The number of fused-ring (bicyclic) bond motifs is 1. The standard InChI is InChI=1S/C11H13BrO/c1-2-13-9-6-8-4-3-5-11(12)10(8)7-9/h3-5,9H,2,6-7H2,1H3. The van der Waals surface area contributed by atoms with Crippen LogP contribution in [0.3, 0.4) is 0 Å². The molecule has 1 aromatic carbocycles. The van der Waals surface area contributed by atoms with Crippen LogP contribution in [-0.4, -0.2) is 12.7 Å². The summed E-state index contributed by atoms with van der Waals surface area (Å²) in [5.41, 5.74) is 2.87. The molecule has 1 unspecified atom stereocenters. The van der Waals surface area contributed by atoms with Crippen molar-refractivity contribution in [3.8, 4) is 0 Å². The molecular formula is C11H13BrO. The number of hydrogen-bond acceptors (Lipinski definition) is 1. The summed E-state index contributed by atoms with van der Waals surface area (Å²) in [5.74, 6) is 0. The van der Waals surface area contributed by atoms with Crippen molar-refractivity contribution < 1.29 is 4.74 Å². The van der Waals surface area contributed by atoms with Crippen molar-refractivity contribution >= 4 is 15.9 Å². The maximum Gasteiger partial charge on any atom is 0.0656 e. The molecule has 2 rings (SSSR count). The molecule has 0 saturated heterocycles. The van der Waals surface area contributed by atoms with E-state index in [1.165, 1.54) is 15.6 Å². The van der Waals surface area contributed by atoms with Crippen molar-refractivity contribution in [3.05, 3.63) is 33.8 Å². The molecule has 0 heterocycles. The second kappa shape index (κ2) is 3.81. The van der Waals surface area contributed by atoms with Gasteiger partial charge in [0.1, 0.15) is 0 Å². The highest BCUT2D eigenvalue weighted by Gasteiger charge is 2.22. The monoisotopic (exact) mass is 240 g/mol. The third-order valence-electron chi connectivity index (χ3n) is 2.50. The molecule has 0 amide bonds. The van der Waals surface area contributed by atoms with Gasteiger partial charge in [-0.25, -0.2) is 0 Å². The first-order chi connectivity index (χ1) is 6.31. The van der Waals surface area contributed by atoms with Crippen LogP contribution in [0.4, 0.5) is 0 Å². The van der Waals surface area contributed by atoms with Crippen LogP contribution in [-0.2, 0) is 17.6 Å². The summed E-state index contributed by atoms with van der Waals surface area (Å²) in [6.45, 7) is 2.87. The lowest BCUT2D eigenvalue weighted by atomic mass is 10.1. The number of benzene rings is 1. The van der Waals surface area contributed by atoms with Gasteiger partial charge < -0.3 is 4.74 Å². The molecular weight excluding hydrogens is 228 g/mol. The molecule has 0 saturated carbocycles. The molecule has 0 aromatic heterocycles. The minimum Gasteiger partial charge on any atom is -0.378 e. The predicted molar refractivity (Wildman–Crippen MR) is 57.0 cm³/mol. The van der Waals surface area contributed by atoms with Gasteiger partial charge in [0.05, 0.1) is 6.10 Å². The van der Waals surface area contributed by atoms with E-state index >= 15 is 0 Å².